The van der Waals surface area contributed by atoms with E-state index < -0.39 is 6.04 Å². The molecule has 0 radical (unpaired) electrons. The quantitative estimate of drug-likeness (QED) is 0.665. The molecule has 0 aliphatic heterocycles. The van der Waals surface area contributed by atoms with Crippen LogP contribution >= 0.6 is 0 Å². The van der Waals surface area contributed by atoms with E-state index in [4.69, 9.17) is 10.5 Å². The Balaban J connectivity index is 2.86. The molecule has 1 aromatic rings. The lowest BCUT2D eigenvalue weighted by atomic mass is 10.2. The van der Waals surface area contributed by atoms with Crippen molar-refractivity contribution < 1.29 is 9.53 Å². The van der Waals surface area contributed by atoms with Crippen molar-refractivity contribution in [3.63, 3.8) is 0 Å². The largest absolute Gasteiger partial charge is 0.494 e. The summed E-state index contributed by atoms with van der Waals surface area (Å²) in [5.74, 6) is 0.361. The molecule has 0 aromatic carbocycles. The average Bonchev–Trinajstić information content (AvgIpc) is 2.17. The molecule has 0 saturated heterocycles. The van der Waals surface area contributed by atoms with Crippen LogP contribution < -0.4 is 10.5 Å². The molecule has 0 saturated carbocycles. The number of rotatable bonds is 3. The first-order chi connectivity index (χ1) is 6.15. The predicted octanol–water partition coefficient (Wildman–Crippen LogP) is 0.0151. The van der Waals surface area contributed by atoms with Gasteiger partial charge in [0.05, 0.1) is 25.5 Å². The smallest absolute Gasteiger partial charge is 0.216 e. The van der Waals surface area contributed by atoms with Gasteiger partial charge in [0.15, 0.2) is 11.6 Å². The molecule has 0 spiro atoms. The molecule has 5 nitrogen and oxygen atoms in total. The number of aromatic nitrogens is 2. The zero-order valence-corrected chi connectivity index (χ0v) is 7.52. The number of methoxy groups -OCH3 is 1. The van der Waals surface area contributed by atoms with Crippen LogP contribution in [0.1, 0.15) is 17.5 Å². The van der Waals surface area contributed by atoms with Crippen molar-refractivity contribution in [3.05, 3.63) is 18.2 Å². The van der Waals surface area contributed by atoms with E-state index in [9.17, 15) is 4.79 Å². The molecule has 0 bridgehead atoms. The lowest BCUT2D eigenvalue weighted by Gasteiger charge is -2.02. The Hall–Kier alpha value is -1.49. The summed E-state index contributed by atoms with van der Waals surface area (Å²) in [6.07, 6.45) is 2.87. The summed E-state index contributed by atoms with van der Waals surface area (Å²) in [6, 6.07) is -0.576. The number of ether oxygens (including phenoxy) is 1. The molecule has 1 rings (SSSR count). The summed E-state index contributed by atoms with van der Waals surface area (Å²) in [7, 11) is 1.51. The highest BCUT2D eigenvalue weighted by Gasteiger charge is 2.13. The molecule has 0 aliphatic carbocycles. The fourth-order valence-corrected chi connectivity index (χ4v) is 0.752. The fraction of sp³-hybridized carbons (Fsp3) is 0.375. The Morgan fingerprint density at radius 1 is 1.54 bits per heavy atom. The average molecular weight is 181 g/mol. The van der Waals surface area contributed by atoms with Gasteiger partial charge in [-0.15, -0.1) is 0 Å². The van der Waals surface area contributed by atoms with Crippen molar-refractivity contribution in [3.8, 4) is 5.75 Å². The van der Waals surface area contributed by atoms with Gasteiger partial charge in [-0.2, -0.15) is 0 Å². The Kier molecular flexibility index (Phi) is 2.92. The number of nitrogens with two attached hydrogens (primary N) is 1. The maximum absolute atomic E-state index is 11.3. The van der Waals surface area contributed by atoms with Crippen LogP contribution in [0.4, 0.5) is 0 Å². The number of carbonyl (C=O) groups is 1. The van der Waals surface area contributed by atoms with Gasteiger partial charge in [-0.05, 0) is 6.92 Å². The van der Waals surface area contributed by atoms with Gasteiger partial charge in [-0.1, -0.05) is 0 Å². The number of Topliss-reactive ketones (excluding diaryl/α,β-unsaturated/α-hetero) is 1. The second-order valence-corrected chi connectivity index (χ2v) is 2.60. The molecule has 13 heavy (non-hydrogen) atoms. The molecular formula is C8H11N3O2. The minimum Gasteiger partial charge on any atom is -0.494 e. The molecule has 2 N–H and O–H groups in total. The first-order valence-electron chi connectivity index (χ1n) is 3.81. The first-order valence-corrected chi connectivity index (χ1v) is 3.81. The van der Waals surface area contributed by atoms with Crippen LogP contribution in [0.5, 0.6) is 5.75 Å². The molecule has 70 valence electrons. The van der Waals surface area contributed by atoms with E-state index in [-0.39, 0.29) is 11.6 Å². The van der Waals surface area contributed by atoms with Gasteiger partial charge < -0.3 is 10.5 Å². The van der Waals surface area contributed by atoms with Gasteiger partial charge in [0.1, 0.15) is 0 Å². The van der Waals surface area contributed by atoms with Gasteiger partial charge in [0.25, 0.3) is 0 Å². The van der Waals surface area contributed by atoms with E-state index in [1.165, 1.54) is 19.5 Å². The fourth-order valence-electron chi connectivity index (χ4n) is 0.752. The summed E-state index contributed by atoms with van der Waals surface area (Å²) < 4.78 is 4.84. The highest BCUT2D eigenvalue weighted by Crippen LogP contribution is 2.05. The second kappa shape index (κ2) is 3.95. The monoisotopic (exact) mass is 181 g/mol. The van der Waals surface area contributed by atoms with Crippen molar-refractivity contribution in [2.45, 2.75) is 13.0 Å². The third kappa shape index (κ3) is 2.22. The van der Waals surface area contributed by atoms with Crippen molar-refractivity contribution >= 4 is 5.78 Å². The summed E-state index contributed by atoms with van der Waals surface area (Å²) in [6.45, 7) is 1.59. The summed E-state index contributed by atoms with van der Waals surface area (Å²) in [5.41, 5.74) is 5.38. The Morgan fingerprint density at radius 3 is 2.46 bits per heavy atom. The van der Waals surface area contributed by atoms with Crippen LogP contribution in [-0.4, -0.2) is 28.9 Å². The standard InChI is InChI=1S/C8H11N3O2/c1-5(9)7(12)8-10-3-6(13-2)4-11-8/h3-5H,9H2,1-2H3. The van der Waals surface area contributed by atoms with Crippen LogP contribution in [-0.2, 0) is 0 Å². The van der Waals surface area contributed by atoms with Gasteiger partial charge in [-0.25, -0.2) is 9.97 Å². The van der Waals surface area contributed by atoms with Gasteiger partial charge in [-0.3, -0.25) is 4.79 Å². The van der Waals surface area contributed by atoms with Crippen LogP contribution in [0.2, 0.25) is 0 Å². The van der Waals surface area contributed by atoms with Gasteiger partial charge in [0, 0.05) is 0 Å². The number of hydrogen-bond acceptors (Lipinski definition) is 5. The van der Waals surface area contributed by atoms with E-state index in [1.807, 2.05) is 0 Å². The predicted molar refractivity (Wildman–Crippen MR) is 46.6 cm³/mol. The normalized spacial score (nSPS) is 12.2. The Morgan fingerprint density at radius 2 is 2.08 bits per heavy atom. The van der Waals surface area contributed by atoms with Crippen molar-refractivity contribution in [2.75, 3.05) is 7.11 Å². The van der Waals surface area contributed by atoms with Crippen molar-refractivity contribution in [2.24, 2.45) is 5.73 Å². The molecule has 5 heteroatoms. The summed E-state index contributed by atoms with van der Waals surface area (Å²) in [5, 5.41) is 0. The summed E-state index contributed by atoms with van der Waals surface area (Å²) >= 11 is 0. The van der Waals surface area contributed by atoms with E-state index in [0.29, 0.717) is 5.75 Å². The first kappa shape index (κ1) is 9.60. The molecule has 0 fully saturated rings. The molecule has 0 amide bonds. The zero-order chi connectivity index (χ0) is 9.84. The molecule has 1 heterocycles. The van der Waals surface area contributed by atoms with E-state index in [0.717, 1.165) is 0 Å². The van der Waals surface area contributed by atoms with E-state index in [1.54, 1.807) is 6.92 Å². The molecule has 1 aromatic heterocycles. The zero-order valence-electron chi connectivity index (χ0n) is 7.52. The lowest BCUT2D eigenvalue weighted by molar-refractivity contribution is 0.0957. The summed E-state index contributed by atoms with van der Waals surface area (Å²) in [4.78, 5) is 18.9. The van der Waals surface area contributed by atoms with Crippen LogP contribution in [0.15, 0.2) is 12.4 Å². The van der Waals surface area contributed by atoms with Crippen molar-refractivity contribution in [1.29, 1.82) is 0 Å². The van der Waals surface area contributed by atoms with Crippen LogP contribution in [0.25, 0.3) is 0 Å². The minimum atomic E-state index is -0.576. The molecular weight excluding hydrogens is 170 g/mol. The molecule has 1 atom stereocenters. The number of carbonyl (C=O) groups excluding carboxylic acids is 1. The highest BCUT2D eigenvalue weighted by molar-refractivity contribution is 5.96. The topological polar surface area (TPSA) is 78.1 Å². The van der Waals surface area contributed by atoms with E-state index in [2.05, 4.69) is 9.97 Å². The van der Waals surface area contributed by atoms with E-state index >= 15 is 0 Å². The number of nitrogens with zero attached hydrogens (tertiary/aromatic N) is 2. The van der Waals surface area contributed by atoms with Gasteiger partial charge >= 0.3 is 0 Å². The highest BCUT2D eigenvalue weighted by atomic mass is 16.5. The minimum absolute atomic E-state index is 0.121. The maximum Gasteiger partial charge on any atom is 0.216 e. The Bertz CT molecular complexity index is 295. The third-order valence-corrected chi connectivity index (χ3v) is 1.50. The lowest BCUT2D eigenvalue weighted by Crippen LogP contribution is -2.28. The van der Waals surface area contributed by atoms with Crippen LogP contribution in [0.3, 0.4) is 0 Å². The van der Waals surface area contributed by atoms with Gasteiger partial charge in [0.2, 0.25) is 5.78 Å². The second-order valence-electron chi connectivity index (χ2n) is 2.60. The maximum atomic E-state index is 11.3. The Labute approximate surface area is 75.9 Å². The van der Waals surface area contributed by atoms with Crippen molar-refractivity contribution in [1.82, 2.24) is 9.97 Å². The number of hydrogen-bond donors (Lipinski definition) is 1. The third-order valence-electron chi connectivity index (χ3n) is 1.50. The molecule has 1 unspecified atom stereocenters. The SMILES string of the molecule is COc1cnc(C(=O)C(C)N)nc1. The number of ketones is 1. The molecule has 0 aliphatic rings. The van der Waals surface area contributed by atoms with Crippen LogP contribution in [0, 0.1) is 0 Å².